The topological polar surface area (TPSA) is 84.5 Å². The fourth-order valence-electron chi connectivity index (χ4n) is 2.84. The summed E-state index contributed by atoms with van der Waals surface area (Å²) in [5, 5.41) is 4.81. The first kappa shape index (κ1) is 23.5. The molecule has 0 aromatic heterocycles. The minimum Gasteiger partial charge on any atom is -0.454 e. The highest BCUT2D eigenvalue weighted by Gasteiger charge is 2.30. The normalized spacial score (nSPS) is 10.9. The number of hydrogen-bond donors (Lipinski definition) is 2. The van der Waals surface area contributed by atoms with Gasteiger partial charge in [0.2, 0.25) is 0 Å². The van der Waals surface area contributed by atoms with E-state index in [4.69, 9.17) is 4.74 Å². The van der Waals surface area contributed by atoms with Crippen molar-refractivity contribution in [3.05, 3.63) is 90.0 Å². The molecular formula is C24H19F3N2O4. The third-order valence-corrected chi connectivity index (χ3v) is 4.51. The van der Waals surface area contributed by atoms with E-state index in [9.17, 15) is 27.6 Å². The highest BCUT2D eigenvalue weighted by molar-refractivity contribution is 5.96. The SMILES string of the molecule is O=C(COC(=O)CNC(=O)c1ccc(C(F)(F)F)cc1)Nc1ccc(-c2ccccc2)cc1. The summed E-state index contributed by atoms with van der Waals surface area (Å²) >= 11 is 0. The Morgan fingerprint density at radius 3 is 2.00 bits per heavy atom. The highest BCUT2D eigenvalue weighted by Crippen LogP contribution is 2.29. The summed E-state index contributed by atoms with van der Waals surface area (Å²) < 4.78 is 42.5. The Kier molecular flexibility index (Phi) is 7.45. The molecule has 6 nitrogen and oxygen atoms in total. The van der Waals surface area contributed by atoms with E-state index in [0.717, 1.165) is 35.4 Å². The smallest absolute Gasteiger partial charge is 0.416 e. The molecule has 9 heteroatoms. The summed E-state index contributed by atoms with van der Waals surface area (Å²) in [6.45, 7) is -1.10. The van der Waals surface area contributed by atoms with E-state index in [-0.39, 0.29) is 5.56 Å². The van der Waals surface area contributed by atoms with E-state index in [1.165, 1.54) is 0 Å². The zero-order valence-corrected chi connectivity index (χ0v) is 17.2. The van der Waals surface area contributed by atoms with Gasteiger partial charge < -0.3 is 15.4 Å². The highest BCUT2D eigenvalue weighted by atomic mass is 19.4. The first-order valence-electron chi connectivity index (χ1n) is 9.79. The molecular weight excluding hydrogens is 437 g/mol. The molecule has 3 aromatic carbocycles. The van der Waals surface area contributed by atoms with Crippen molar-refractivity contribution in [3.8, 4) is 11.1 Å². The van der Waals surface area contributed by atoms with Crippen LogP contribution in [0.25, 0.3) is 11.1 Å². The van der Waals surface area contributed by atoms with Gasteiger partial charge in [0, 0.05) is 11.3 Å². The molecule has 0 aliphatic rings. The quantitative estimate of drug-likeness (QED) is 0.520. The summed E-state index contributed by atoms with van der Waals surface area (Å²) in [5.41, 5.74) is 1.59. The van der Waals surface area contributed by atoms with Gasteiger partial charge in [-0.3, -0.25) is 14.4 Å². The minimum atomic E-state index is -4.51. The van der Waals surface area contributed by atoms with Gasteiger partial charge in [0.25, 0.3) is 11.8 Å². The minimum absolute atomic E-state index is 0.0486. The average Bonchev–Trinajstić information content (AvgIpc) is 2.82. The Morgan fingerprint density at radius 1 is 0.788 bits per heavy atom. The van der Waals surface area contributed by atoms with E-state index in [1.54, 1.807) is 12.1 Å². The lowest BCUT2D eigenvalue weighted by molar-refractivity contribution is -0.146. The maximum atomic E-state index is 12.6. The fourth-order valence-corrected chi connectivity index (χ4v) is 2.84. The Balaban J connectivity index is 1.41. The maximum Gasteiger partial charge on any atom is 0.416 e. The number of carbonyl (C=O) groups is 3. The van der Waals surface area contributed by atoms with Crippen LogP contribution in [0, 0.1) is 0 Å². The summed E-state index contributed by atoms with van der Waals surface area (Å²) in [5.74, 6) is -2.18. The van der Waals surface area contributed by atoms with E-state index < -0.39 is 42.7 Å². The van der Waals surface area contributed by atoms with Crippen molar-refractivity contribution in [1.29, 1.82) is 0 Å². The molecule has 170 valence electrons. The number of rotatable bonds is 7. The zero-order valence-electron chi connectivity index (χ0n) is 17.2. The largest absolute Gasteiger partial charge is 0.454 e. The van der Waals surface area contributed by atoms with Crippen LogP contribution in [0.4, 0.5) is 18.9 Å². The Bertz CT molecular complexity index is 1110. The summed E-state index contributed by atoms with van der Waals surface area (Å²) in [6.07, 6.45) is -4.51. The van der Waals surface area contributed by atoms with E-state index in [0.29, 0.717) is 5.69 Å². The first-order chi connectivity index (χ1) is 15.7. The molecule has 0 unspecified atom stereocenters. The molecule has 33 heavy (non-hydrogen) atoms. The number of halogens is 3. The van der Waals surface area contributed by atoms with Gasteiger partial charge in [-0.1, -0.05) is 42.5 Å². The molecule has 0 aliphatic heterocycles. The monoisotopic (exact) mass is 456 g/mol. The molecule has 0 saturated heterocycles. The lowest BCUT2D eigenvalue weighted by Crippen LogP contribution is -2.32. The molecule has 0 fully saturated rings. The first-order valence-corrected chi connectivity index (χ1v) is 9.79. The molecule has 0 radical (unpaired) electrons. The van der Waals surface area contributed by atoms with E-state index in [1.807, 2.05) is 42.5 Å². The van der Waals surface area contributed by atoms with E-state index >= 15 is 0 Å². The number of alkyl halides is 3. The molecule has 2 N–H and O–H groups in total. The number of ether oxygens (including phenoxy) is 1. The van der Waals surface area contributed by atoms with Crippen molar-refractivity contribution >= 4 is 23.5 Å². The standard InChI is InChI=1S/C24H19F3N2O4/c25-24(26,27)19-10-6-18(7-11-19)23(32)28-14-22(31)33-15-21(30)29-20-12-8-17(9-13-20)16-4-2-1-3-5-16/h1-13H,14-15H2,(H,28,32)(H,29,30). The third-order valence-electron chi connectivity index (χ3n) is 4.51. The van der Waals surface area contributed by atoms with Crippen molar-refractivity contribution < 1.29 is 32.3 Å². The van der Waals surface area contributed by atoms with Crippen molar-refractivity contribution in [3.63, 3.8) is 0 Å². The van der Waals surface area contributed by atoms with Crippen LogP contribution < -0.4 is 10.6 Å². The van der Waals surface area contributed by atoms with Crippen molar-refractivity contribution in [2.45, 2.75) is 6.18 Å². The molecule has 0 atom stereocenters. The van der Waals surface area contributed by atoms with Crippen LogP contribution in [0.3, 0.4) is 0 Å². The summed E-state index contributed by atoms with van der Waals surface area (Å²) in [4.78, 5) is 35.7. The molecule has 0 heterocycles. The predicted molar refractivity (Wildman–Crippen MR) is 115 cm³/mol. The van der Waals surface area contributed by atoms with Crippen LogP contribution in [0.1, 0.15) is 15.9 Å². The number of carbonyl (C=O) groups excluding carboxylic acids is 3. The average molecular weight is 456 g/mol. The lowest BCUT2D eigenvalue weighted by Gasteiger charge is -2.09. The van der Waals surface area contributed by atoms with Crippen LogP contribution in [0.2, 0.25) is 0 Å². The van der Waals surface area contributed by atoms with Crippen LogP contribution >= 0.6 is 0 Å². The Hall–Kier alpha value is -4.14. The second-order valence-corrected chi connectivity index (χ2v) is 6.91. The number of hydrogen-bond acceptors (Lipinski definition) is 4. The number of esters is 1. The fraction of sp³-hybridized carbons (Fsp3) is 0.125. The van der Waals surface area contributed by atoms with Crippen LogP contribution in [-0.4, -0.2) is 30.9 Å². The zero-order chi connectivity index (χ0) is 23.8. The van der Waals surface area contributed by atoms with Crippen LogP contribution in [-0.2, 0) is 20.5 Å². The third kappa shape index (κ3) is 6.93. The Labute approximate surface area is 187 Å². The van der Waals surface area contributed by atoms with Crippen molar-refractivity contribution in [1.82, 2.24) is 5.32 Å². The van der Waals surface area contributed by atoms with Gasteiger partial charge in [0.05, 0.1) is 5.56 Å². The number of nitrogens with one attached hydrogen (secondary N) is 2. The molecule has 3 aromatic rings. The molecule has 0 spiro atoms. The van der Waals surface area contributed by atoms with Gasteiger partial charge in [-0.05, 0) is 47.5 Å². The molecule has 3 rings (SSSR count). The van der Waals surface area contributed by atoms with Gasteiger partial charge >= 0.3 is 12.1 Å². The second kappa shape index (κ2) is 10.4. The summed E-state index contributed by atoms with van der Waals surface area (Å²) in [6, 6.07) is 20.3. The molecule has 2 amide bonds. The predicted octanol–water partition coefficient (Wildman–Crippen LogP) is 4.28. The van der Waals surface area contributed by atoms with Crippen molar-refractivity contribution in [2.75, 3.05) is 18.5 Å². The molecule has 0 aliphatic carbocycles. The molecule has 0 saturated carbocycles. The number of anilines is 1. The number of benzene rings is 3. The second-order valence-electron chi connectivity index (χ2n) is 6.91. The van der Waals surface area contributed by atoms with Crippen LogP contribution in [0.5, 0.6) is 0 Å². The van der Waals surface area contributed by atoms with Gasteiger partial charge in [-0.15, -0.1) is 0 Å². The molecule has 0 bridgehead atoms. The van der Waals surface area contributed by atoms with Gasteiger partial charge in [0.1, 0.15) is 6.54 Å². The summed E-state index contributed by atoms with van der Waals surface area (Å²) in [7, 11) is 0. The van der Waals surface area contributed by atoms with Crippen LogP contribution in [0.15, 0.2) is 78.9 Å². The van der Waals surface area contributed by atoms with Gasteiger partial charge in [0.15, 0.2) is 6.61 Å². The maximum absolute atomic E-state index is 12.6. The van der Waals surface area contributed by atoms with Gasteiger partial charge in [-0.25, -0.2) is 0 Å². The number of amides is 2. The Morgan fingerprint density at radius 2 is 1.39 bits per heavy atom. The van der Waals surface area contributed by atoms with Crippen molar-refractivity contribution in [2.24, 2.45) is 0 Å². The van der Waals surface area contributed by atoms with E-state index in [2.05, 4.69) is 10.6 Å². The van der Waals surface area contributed by atoms with Gasteiger partial charge in [-0.2, -0.15) is 13.2 Å². The lowest BCUT2D eigenvalue weighted by atomic mass is 10.1.